The molecule has 0 spiro atoms. The molecule has 152 valence electrons. The minimum absolute atomic E-state index is 0.285. The van der Waals surface area contributed by atoms with Crippen LogP contribution in [-0.2, 0) is 0 Å². The van der Waals surface area contributed by atoms with Gasteiger partial charge in [-0.15, -0.1) is 0 Å². The summed E-state index contributed by atoms with van der Waals surface area (Å²) in [4.78, 5) is 17.0. The fourth-order valence-electron chi connectivity index (χ4n) is 2.78. The summed E-state index contributed by atoms with van der Waals surface area (Å²) >= 11 is 0. The van der Waals surface area contributed by atoms with Crippen molar-refractivity contribution < 1.29 is 23.5 Å². The normalized spacial score (nSPS) is 11.6. The second-order valence-electron chi connectivity index (χ2n) is 6.15. The van der Waals surface area contributed by atoms with Crippen molar-refractivity contribution in [3.8, 4) is 28.6 Å². The Kier molecular flexibility index (Phi) is 6.33. The van der Waals surface area contributed by atoms with Crippen LogP contribution in [0.25, 0.3) is 11.4 Å². The second-order valence-corrected chi connectivity index (χ2v) is 6.15. The van der Waals surface area contributed by atoms with Crippen molar-refractivity contribution >= 4 is 5.91 Å². The number of nitrogens with zero attached hydrogens (tertiary/aromatic N) is 2. The molecule has 1 N–H and O–H groups in total. The lowest BCUT2D eigenvalue weighted by Crippen LogP contribution is -2.27. The number of nitrogens with one attached hydrogen (secondary N) is 1. The number of ether oxygens (including phenoxy) is 3. The topological polar surface area (TPSA) is 95.7 Å². The molecule has 8 nitrogen and oxygen atoms in total. The summed E-state index contributed by atoms with van der Waals surface area (Å²) in [7, 11) is 3.12. The predicted molar refractivity (Wildman–Crippen MR) is 106 cm³/mol. The van der Waals surface area contributed by atoms with Gasteiger partial charge in [-0.3, -0.25) is 4.79 Å². The first-order chi connectivity index (χ1) is 14.1. The predicted octanol–water partition coefficient (Wildman–Crippen LogP) is 3.64. The lowest BCUT2D eigenvalue weighted by molar-refractivity contribution is 0.0928. The zero-order valence-corrected chi connectivity index (χ0v) is 16.8. The molecule has 0 fully saturated rings. The van der Waals surface area contributed by atoms with Crippen LogP contribution in [0.15, 0.2) is 47.0 Å². The average Bonchev–Trinajstić information content (AvgIpc) is 3.24. The third-order valence-electron chi connectivity index (χ3n) is 4.23. The highest BCUT2D eigenvalue weighted by Gasteiger charge is 2.20. The first-order valence-corrected chi connectivity index (χ1v) is 9.16. The molecule has 0 aliphatic heterocycles. The molecule has 1 aromatic heterocycles. The van der Waals surface area contributed by atoms with Crippen molar-refractivity contribution in [2.45, 2.75) is 19.9 Å². The maximum atomic E-state index is 12.6. The summed E-state index contributed by atoms with van der Waals surface area (Å²) < 4.78 is 21.4. The van der Waals surface area contributed by atoms with Gasteiger partial charge in [0.05, 0.1) is 26.4 Å². The van der Waals surface area contributed by atoms with Gasteiger partial charge in [0, 0.05) is 5.56 Å². The first-order valence-electron chi connectivity index (χ1n) is 9.16. The lowest BCUT2D eigenvalue weighted by atomic mass is 10.1. The van der Waals surface area contributed by atoms with E-state index in [0.717, 1.165) is 0 Å². The van der Waals surface area contributed by atoms with Gasteiger partial charge >= 0.3 is 0 Å². The van der Waals surface area contributed by atoms with E-state index in [4.69, 9.17) is 18.7 Å². The van der Waals surface area contributed by atoms with Gasteiger partial charge in [0.15, 0.2) is 11.5 Å². The van der Waals surface area contributed by atoms with Crippen LogP contribution in [-0.4, -0.2) is 36.9 Å². The van der Waals surface area contributed by atoms with Crippen LogP contribution in [0.2, 0.25) is 0 Å². The average molecular weight is 397 g/mol. The Labute approximate surface area is 168 Å². The Morgan fingerprint density at radius 2 is 1.86 bits per heavy atom. The number of hydrogen-bond acceptors (Lipinski definition) is 7. The number of amides is 1. The van der Waals surface area contributed by atoms with Gasteiger partial charge in [0.2, 0.25) is 11.7 Å². The van der Waals surface area contributed by atoms with Crippen LogP contribution in [0.4, 0.5) is 0 Å². The van der Waals surface area contributed by atoms with Crippen molar-refractivity contribution in [3.05, 3.63) is 53.9 Å². The number of rotatable bonds is 8. The Morgan fingerprint density at radius 3 is 2.59 bits per heavy atom. The number of hydrogen-bond donors (Lipinski definition) is 1. The Balaban J connectivity index is 1.76. The molecular formula is C21H23N3O5. The van der Waals surface area contributed by atoms with E-state index in [1.165, 1.54) is 0 Å². The summed E-state index contributed by atoms with van der Waals surface area (Å²) in [6.07, 6.45) is 0. The van der Waals surface area contributed by atoms with E-state index < -0.39 is 6.04 Å². The van der Waals surface area contributed by atoms with Gasteiger partial charge in [0.1, 0.15) is 11.8 Å². The van der Waals surface area contributed by atoms with Crippen molar-refractivity contribution in [1.29, 1.82) is 0 Å². The van der Waals surface area contributed by atoms with Crippen LogP contribution in [0.3, 0.4) is 0 Å². The van der Waals surface area contributed by atoms with Crippen molar-refractivity contribution in [1.82, 2.24) is 15.5 Å². The number of para-hydroxylation sites is 1. The maximum Gasteiger partial charge on any atom is 0.255 e. The molecule has 29 heavy (non-hydrogen) atoms. The summed E-state index contributed by atoms with van der Waals surface area (Å²) in [5.74, 6) is 2.08. The zero-order chi connectivity index (χ0) is 20.8. The highest BCUT2D eigenvalue weighted by atomic mass is 16.5. The molecule has 3 aromatic rings. The molecule has 0 radical (unpaired) electrons. The fourth-order valence-corrected chi connectivity index (χ4v) is 2.78. The smallest absolute Gasteiger partial charge is 0.255 e. The molecule has 0 aliphatic rings. The van der Waals surface area contributed by atoms with Crippen molar-refractivity contribution in [2.24, 2.45) is 0 Å². The molecule has 1 atom stereocenters. The second kappa shape index (κ2) is 9.09. The third-order valence-corrected chi connectivity index (χ3v) is 4.23. The van der Waals surface area contributed by atoms with Gasteiger partial charge < -0.3 is 24.1 Å². The molecule has 0 bridgehead atoms. The molecule has 1 amide bonds. The standard InChI is InChI=1S/C21H23N3O5/c1-5-28-16-9-7-6-8-15(16)20(25)22-13(2)21-23-19(24-29-21)14-10-11-17(26-3)18(12-14)27-4/h6-13H,5H2,1-4H3,(H,22,25)/t13-/m1/s1. The van der Waals surface area contributed by atoms with Crippen LogP contribution in [0.1, 0.15) is 36.1 Å². The van der Waals surface area contributed by atoms with Crippen LogP contribution >= 0.6 is 0 Å². The summed E-state index contributed by atoms with van der Waals surface area (Å²) in [5.41, 5.74) is 1.15. The number of carbonyl (C=O) groups is 1. The van der Waals surface area contributed by atoms with Gasteiger partial charge in [-0.1, -0.05) is 17.3 Å². The van der Waals surface area contributed by atoms with Gasteiger partial charge in [-0.2, -0.15) is 4.98 Å². The molecule has 8 heteroatoms. The molecule has 2 aromatic carbocycles. The van der Waals surface area contributed by atoms with Crippen LogP contribution < -0.4 is 19.5 Å². The molecule has 0 saturated heterocycles. The molecule has 1 heterocycles. The quantitative estimate of drug-likeness (QED) is 0.620. The van der Waals surface area contributed by atoms with E-state index in [1.807, 2.05) is 13.0 Å². The van der Waals surface area contributed by atoms with Crippen LogP contribution in [0.5, 0.6) is 17.2 Å². The van der Waals surface area contributed by atoms with Gasteiger partial charge in [-0.25, -0.2) is 0 Å². The summed E-state index contributed by atoms with van der Waals surface area (Å²) in [5, 5.41) is 6.86. The Bertz CT molecular complexity index is 986. The number of aromatic nitrogens is 2. The Hall–Kier alpha value is -3.55. The summed E-state index contributed by atoms with van der Waals surface area (Å²) in [6, 6.07) is 11.9. The number of carbonyl (C=O) groups excluding carboxylic acids is 1. The number of methoxy groups -OCH3 is 2. The van der Waals surface area contributed by atoms with E-state index in [1.54, 1.807) is 57.5 Å². The van der Waals surface area contributed by atoms with E-state index in [2.05, 4.69) is 15.5 Å². The molecular weight excluding hydrogens is 374 g/mol. The number of benzene rings is 2. The molecule has 0 saturated carbocycles. The highest BCUT2D eigenvalue weighted by molar-refractivity contribution is 5.97. The lowest BCUT2D eigenvalue weighted by Gasteiger charge is -2.12. The highest BCUT2D eigenvalue weighted by Crippen LogP contribution is 2.31. The van der Waals surface area contributed by atoms with E-state index >= 15 is 0 Å². The molecule has 0 aliphatic carbocycles. The molecule has 3 rings (SSSR count). The fraction of sp³-hybridized carbons (Fsp3) is 0.286. The van der Waals surface area contributed by atoms with Gasteiger partial charge in [-0.05, 0) is 44.2 Å². The van der Waals surface area contributed by atoms with Crippen LogP contribution in [0, 0.1) is 0 Å². The van der Waals surface area contributed by atoms with E-state index in [9.17, 15) is 4.79 Å². The third kappa shape index (κ3) is 4.48. The van der Waals surface area contributed by atoms with E-state index in [-0.39, 0.29) is 11.8 Å². The maximum absolute atomic E-state index is 12.6. The minimum atomic E-state index is -0.487. The zero-order valence-electron chi connectivity index (χ0n) is 16.8. The Morgan fingerprint density at radius 1 is 1.10 bits per heavy atom. The van der Waals surface area contributed by atoms with Gasteiger partial charge in [0.25, 0.3) is 5.91 Å². The largest absolute Gasteiger partial charge is 0.493 e. The first kappa shape index (κ1) is 20.2. The van der Waals surface area contributed by atoms with E-state index in [0.29, 0.717) is 40.8 Å². The summed E-state index contributed by atoms with van der Waals surface area (Å²) in [6.45, 7) is 4.11. The van der Waals surface area contributed by atoms with Crippen molar-refractivity contribution in [3.63, 3.8) is 0 Å². The monoisotopic (exact) mass is 397 g/mol. The SMILES string of the molecule is CCOc1ccccc1C(=O)N[C@H](C)c1nc(-c2ccc(OC)c(OC)c2)no1. The van der Waals surface area contributed by atoms with Crippen molar-refractivity contribution in [2.75, 3.05) is 20.8 Å². The minimum Gasteiger partial charge on any atom is -0.493 e. The molecule has 0 unspecified atom stereocenters.